The number of carbonyl (C=O) groups is 3. The molecular formula is C30H32ClN3O4S. The van der Waals surface area contributed by atoms with Crippen LogP contribution >= 0.6 is 22.9 Å². The number of thiophene rings is 1. The lowest BCUT2D eigenvalue weighted by molar-refractivity contribution is -0.126. The molecule has 204 valence electrons. The first-order valence-corrected chi connectivity index (χ1v) is 14.5. The molecule has 3 aromatic rings. The first-order chi connectivity index (χ1) is 18.9. The van der Waals surface area contributed by atoms with Gasteiger partial charge in [-0.1, -0.05) is 60.1 Å². The van der Waals surface area contributed by atoms with E-state index in [9.17, 15) is 14.4 Å². The predicted octanol–water partition coefficient (Wildman–Crippen LogP) is 5.39. The first-order valence-electron chi connectivity index (χ1n) is 13.2. The number of morpholine rings is 1. The Morgan fingerprint density at radius 2 is 1.64 bits per heavy atom. The van der Waals surface area contributed by atoms with Gasteiger partial charge in [0, 0.05) is 30.1 Å². The van der Waals surface area contributed by atoms with E-state index in [0.29, 0.717) is 36.2 Å². The van der Waals surface area contributed by atoms with Crippen LogP contribution in [0.4, 0.5) is 4.79 Å². The minimum Gasteiger partial charge on any atom is -0.378 e. The molecule has 2 fully saturated rings. The van der Waals surface area contributed by atoms with Crippen molar-refractivity contribution in [2.24, 2.45) is 5.92 Å². The molecule has 4 atom stereocenters. The van der Waals surface area contributed by atoms with Gasteiger partial charge in [-0.15, -0.1) is 11.3 Å². The number of ketones is 1. The van der Waals surface area contributed by atoms with E-state index in [1.165, 1.54) is 11.3 Å². The number of hydrogen-bond acceptors (Lipinski definition) is 5. The Morgan fingerprint density at radius 1 is 0.949 bits per heavy atom. The van der Waals surface area contributed by atoms with Crippen molar-refractivity contribution in [2.75, 3.05) is 26.3 Å². The summed E-state index contributed by atoms with van der Waals surface area (Å²) < 4.78 is 5.50. The normalized spacial score (nSPS) is 23.2. The smallest absolute Gasteiger partial charge is 0.321 e. The molecule has 0 radical (unpaired) electrons. The number of likely N-dealkylation sites (tertiary alicyclic amines) is 1. The molecule has 0 saturated carbocycles. The van der Waals surface area contributed by atoms with E-state index >= 15 is 0 Å². The minimum absolute atomic E-state index is 0.0848. The SMILES string of the molecule is CC(C)NC(=O)C1C(c2ccc(Cl)cc2)C(C(=O)c2cccs2)C(c2ccccc2)N1C(=O)N1CCOCC1. The van der Waals surface area contributed by atoms with Crippen LogP contribution < -0.4 is 5.32 Å². The van der Waals surface area contributed by atoms with Crippen LogP contribution in [0.2, 0.25) is 5.02 Å². The van der Waals surface area contributed by atoms with Crippen molar-refractivity contribution in [2.45, 2.75) is 37.9 Å². The summed E-state index contributed by atoms with van der Waals surface area (Å²) in [6.45, 7) is 5.48. The third-order valence-corrected chi connectivity index (χ3v) is 8.47. The lowest BCUT2D eigenvalue weighted by Crippen LogP contribution is -2.55. The number of hydrogen-bond donors (Lipinski definition) is 1. The molecule has 0 spiro atoms. The largest absolute Gasteiger partial charge is 0.378 e. The molecule has 5 rings (SSSR count). The average Bonchev–Trinajstić information content (AvgIpc) is 3.60. The Labute approximate surface area is 237 Å². The molecule has 3 amide bonds. The number of halogens is 1. The maximum Gasteiger partial charge on any atom is 0.321 e. The zero-order valence-corrected chi connectivity index (χ0v) is 23.5. The fourth-order valence-electron chi connectivity index (χ4n) is 5.71. The maximum atomic E-state index is 14.4. The van der Waals surface area contributed by atoms with E-state index in [0.717, 1.165) is 11.1 Å². The molecule has 0 bridgehead atoms. The summed E-state index contributed by atoms with van der Waals surface area (Å²) in [6.07, 6.45) is 0. The second-order valence-corrected chi connectivity index (χ2v) is 11.6. The molecule has 7 nitrogen and oxygen atoms in total. The third kappa shape index (κ3) is 5.60. The molecule has 1 N–H and O–H groups in total. The summed E-state index contributed by atoms with van der Waals surface area (Å²) >= 11 is 7.62. The van der Waals surface area contributed by atoms with Crippen LogP contribution in [0.15, 0.2) is 72.1 Å². The number of benzene rings is 2. The van der Waals surface area contributed by atoms with Gasteiger partial charge in [0.25, 0.3) is 0 Å². The molecule has 2 aliphatic rings. The van der Waals surface area contributed by atoms with Crippen molar-refractivity contribution in [3.8, 4) is 0 Å². The lowest BCUT2D eigenvalue weighted by atomic mass is 9.77. The maximum absolute atomic E-state index is 14.4. The fourth-order valence-corrected chi connectivity index (χ4v) is 6.55. The van der Waals surface area contributed by atoms with E-state index in [2.05, 4.69) is 5.32 Å². The van der Waals surface area contributed by atoms with Gasteiger partial charge in [0.1, 0.15) is 6.04 Å². The van der Waals surface area contributed by atoms with Crippen LogP contribution in [0.1, 0.15) is 46.6 Å². The Balaban J connectivity index is 1.73. The van der Waals surface area contributed by atoms with Crippen LogP contribution in [-0.2, 0) is 9.53 Å². The van der Waals surface area contributed by atoms with Gasteiger partial charge in [-0.05, 0) is 48.6 Å². The number of carbonyl (C=O) groups excluding carboxylic acids is 3. The molecule has 1 aromatic heterocycles. The highest BCUT2D eigenvalue weighted by atomic mass is 35.5. The average molecular weight is 566 g/mol. The van der Waals surface area contributed by atoms with Crippen molar-refractivity contribution >= 4 is 40.7 Å². The predicted molar refractivity (Wildman–Crippen MR) is 152 cm³/mol. The second-order valence-electron chi connectivity index (χ2n) is 10.2. The Kier molecular flexibility index (Phi) is 8.35. The summed E-state index contributed by atoms with van der Waals surface area (Å²) in [6, 6.07) is 18.5. The van der Waals surface area contributed by atoms with E-state index in [1.54, 1.807) is 21.9 Å². The first kappa shape index (κ1) is 27.4. The van der Waals surface area contributed by atoms with Crippen molar-refractivity contribution in [1.29, 1.82) is 0 Å². The Morgan fingerprint density at radius 3 is 2.26 bits per heavy atom. The fraction of sp³-hybridized carbons (Fsp3) is 0.367. The van der Waals surface area contributed by atoms with Crippen LogP contribution in [0, 0.1) is 5.92 Å². The summed E-state index contributed by atoms with van der Waals surface area (Å²) in [5.41, 5.74) is 1.60. The minimum atomic E-state index is -0.914. The molecule has 2 aliphatic heterocycles. The highest BCUT2D eigenvalue weighted by molar-refractivity contribution is 7.12. The van der Waals surface area contributed by atoms with Gasteiger partial charge in [-0.25, -0.2) is 4.79 Å². The summed E-state index contributed by atoms with van der Waals surface area (Å²) in [4.78, 5) is 46.8. The van der Waals surface area contributed by atoms with Gasteiger partial charge in [0.15, 0.2) is 5.78 Å². The highest BCUT2D eigenvalue weighted by Crippen LogP contribution is 2.52. The van der Waals surface area contributed by atoms with E-state index in [1.807, 2.05) is 73.8 Å². The van der Waals surface area contributed by atoms with Crippen LogP contribution in [0.5, 0.6) is 0 Å². The van der Waals surface area contributed by atoms with Crippen LogP contribution in [0.3, 0.4) is 0 Å². The third-order valence-electron chi connectivity index (χ3n) is 7.33. The summed E-state index contributed by atoms with van der Waals surface area (Å²) in [5, 5.41) is 5.47. The van der Waals surface area contributed by atoms with Crippen molar-refractivity contribution < 1.29 is 19.1 Å². The van der Waals surface area contributed by atoms with E-state index < -0.39 is 23.9 Å². The number of nitrogens with one attached hydrogen (secondary N) is 1. The Hall–Kier alpha value is -3.20. The molecule has 2 aromatic carbocycles. The van der Waals surface area contributed by atoms with Crippen molar-refractivity contribution in [3.63, 3.8) is 0 Å². The number of amides is 3. The van der Waals surface area contributed by atoms with Crippen molar-refractivity contribution in [3.05, 3.63) is 93.1 Å². The molecule has 39 heavy (non-hydrogen) atoms. The zero-order valence-electron chi connectivity index (χ0n) is 22.0. The molecule has 9 heteroatoms. The van der Waals surface area contributed by atoms with Gasteiger partial charge >= 0.3 is 6.03 Å². The number of Topliss-reactive ketones (excluding diaryl/α,β-unsaturated/α-hetero) is 1. The van der Waals surface area contributed by atoms with Gasteiger partial charge in [0.2, 0.25) is 5.91 Å². The molecule has 3 heterocycles. The van der Waals surface area contributed by atoms with E-state index in [4.69, 9.17) is 16.3 Å². The zero-order chi connectivity index (χ0) is 27.5. The molecule has 4 unspecified atom stereocenters. The second kappa shape index (κ2) is 11.9. The molecular weight excluding hydrogens is 534 g/mol. The number of urea groups is 1. The topological polar surface area (TPSA) is 79.0 Å². The van der Waals surface area contributed by atoms with Gasteiger partial charge in [-0.3, -0.25) is 9.59 Å². The number of rotatable bonds is 6. The van der Waals surface area contributed by atoms with Gasteiger partial charge in [0.05, 0.1) is 30.1 Å². The van der Waals surface area contributed by atoms with E-state index in [-0.39, 0.29) is 23.8 Å². The summed E-state index contributed by atoms with van der Waals surface area (Å²) in [7, 11) is 0. The standard InChI is InChI=1S/C30H32ClN3O4S/c1-19(2)32-29(36)27-24(20-10-12-22(31)13-11-20)25(28(35)23-9-6-18-39-23)26(21-7-4-3-5-8-21)34(27)30(37)33-14-16-38-17-15-33/h3-13,18-19,24-27H,14-17H2,1-2H3,(H,32,36). The number of ether oxygens (including phenoxy) is 1. The molecule has 2 saturated heterocycles. The van der Waals surface area contributed by atoms with Crippen molar-refractivity contribution in [1.82, 2.24) is 15.1 Å². The highest BCUT2D eigenvalue weighted by Gasteiger charge is 2.58. The van der Waals surface area contributed by atoms with Gasteiger partial charge < -0.3 is 19.9 Å². The summed E-state index contributed by atoms with van der Waals surface area (Å²) in [5.74, 6) is -1.65. The van der Waals surface area contributed by atoms with Gasteiger partial charge in [-0.2, -0.15) is 0 Å². The quantitative estimate of drug-likeness (QED) is 0.407. The lowest BCUT2D eigenvalue weighted by Gasteiger charge is -2.37. The molecule has 0 aliphatic carbocycles. The van der Waals surface area contributed by atoms with Crippen LogP contribution in [0.25, 0.3) is 0 Å². The number of nitrogens with zero attached hydrogens (tertiary/aromatic N) is 2. The monoisotopic (exact) mass is 565 g/mol. The Bertz CT molecular complexity index is 1290. The van der Waals surface area contributed by atoms with Crippen LogP contribution in [-0.4, -0.2) is 65.9 Å².